The number of benzene rings is 1. The van der Waals surface area contributed by atoms with Crippen molar-refractivity contribution in [3.05, 3.63) is 35.4 Å². The molecule has 6 heteroatoms. The molecule has 28 heavy (non-hydrogen) atoms. The highest BCUT2D eigenvalue weighted by Gasteiger charge is 2.28. The molecular weight excluding hydrogens is 352 g/mol. The Bertz CT molecular complexity index is 623. The number of carbonyl (C=O) groups is 1. The Balaban J connectivity index is 1.46. The van der Waals surface area contributed by atoms with Gasteiger partial charge in [0.15, 0.2) is 0 Å². The first-order valence-corrected chi connectivity index (χ1v) is 10.7. The van der Waals surface area contributed by atoms with Gasteiger partial charge in [0.05, 0.1) is 13.2 Å². The summed E-state index contributed by atoms with van der Waals surface area (Å²) in [5, 5.41) is 6.11. The normalized spacial score (nSPS) is 19.4. The first-order chi connectivity index (χ1) is 13.5. The van der Waals surface area contributed by atoms with Crippen molar-refractivity contribution in [2.75, 3.05) is 45.9 Å². The monoisotopic (exact) mass is 388 g/mol. The topological polar surface area (TPSA) is 56.8 Å². The smallest absolute Gasteiger partial charge is 0.315 e. The van der Waals surface area contributed by atoms with E-state index in [9.17, 15) is 4.79 Å². The highest BCUT2D eigenvalue weighted by Crippen LogP contribution is 2.19. The molecular formula is C22H36N4O2. The van der Waals surface area contributed by atoms with Gasteiger partial charge in [-0.3, -0.25) is 9.80 Å². The van der Waals surface area contributed by atoms with E-state index in [1.165, 1.54) is 30.4 Å². The Kier molecular flexibility index (Phi) is 7.71. The molecule has 0 radical (unpaired) electrons. The number of ether oxygens (including phenoxy) is 1. The zero-order valence-corrected chi connectivity index (χ0v) is 17.5. The maximum atomic E-state index is 12.4. The summed E-state index contributed by atoms with van der Waals surface area (Å²) in [5.74, 6) is 0. The molecule has 0 aromatic heterocycles. The van der Waals surface area contributed by atoms with E-state index in [-0.39, 0.29) is 11.6 Å². The molecule has 156 valence electrons. The number of likely N-dealkylation sites (tertiary alicyclic amines) is 1. The summed E-state index contributed by atoms with van der Waals surface area (Å²) < 4.78 is 5.43. The van der Waals surface area contributed by atoms with Gasteiger partial charge in [-0.1, -0.05) is 30.7 Å². The zero-order valence-electron chi connectivity index (χ0n) is 17.5. The molecule has 1 aromatic carbocycles. The second-order valence-electron chi connectivity index (χ2n) is 8.55. The third-order valence-corrected chi connectivity index (χ3v) is 5.95. The van der Waals surface area contributed by atoms with Crippen molar-refractivity contribution in [2.24, 2.45) is 0 Å². The maximum absolute atomic E-state index is 12.4. The number of urea groups is 1. The van der Waals surface area contributed by atoms with Crippen LogP contribution >= 0.6 is 0 Å². The maximum Gasteiger partial charge on any atom is 0.315 e. The number of hydrogen-bond acceptors (Lipinski definition) is 4. The van der Waals surface area contributed by atoms with Crippen LogP contribution in [-0.4, -0.2) is 67.3 Å². The van der Waals surface area contributed by atoms with E-state index in [2.05, 4.69) is 52.5 Å². The van der Waals surface area contributed by atoms with E-state index in [4.69, 9.17) is 4.74 Å². The number of nitrogens with zero attached hydrogens (tertiary/aromatic N) is 2. The lowest BCUT2D eigenvalue weighted by Crippen LogP contribution is -2.54. The van der Waals surface area contributed by atoms with Crippen molar-refractivity contribution in [2.45, 2.75) is 51.7 Å². The predicted octanol–water partition coefficient (Wildman–Crippen LogP) is 2.58. The van der Waals surface area contributed by atoms with Crippen LogP contribution in [0.25, 0.3) is 0 Å². The largest absolute Gasteiger partial charge is 0.379 e. The molecule has 2 saturated heterocycles. The molecule has 3 rings (SSSR count). The number of rotatable bonds is 7. The SMILES string of the molecule is CC(C)(CNC(=O)NCc1ccccc1CN1CCOCC1)N1CCCCC1. The van der Waals surface area contributed by atoms with Crippen LogP contribution in [-0.2, 0) is 17.8 Å². The molecule has 0 saturated carbocycles. The van der Waals surface area contributed by atoms with Crippen molar-refractivity contribution in [3.8, 4) is 0 Å². The van der Waals surface area contributed by atoms with Crippen LogP contribution in [0, 0.1) is 0 Å². The summed E-state index contributed by atoms with van der Waals surface area (Å²) in [7, 11) is 0. The van der Waals surface area contributed by atoms with Crippen LogP contribution in [0.5, 0.6) is 0 Å². The number of piperidine rings is 1. The van der Waals surface area contributed by atoms with Gasteiger partial charge in [-0.05, 0) is 50.9 Å². The number of amides is 2. The average molecular weight is 389 g/mol. The lowest BCUT2D eigenvalue weighted by Gasteiger charge is -2.41. The Morgan fingerprint density at radius 3 is 2.39 bits per heavy atom. The van der Waals surface area contributed by atoms with Gasteiger partial charge in [-0.15, -0.1) is 0 Å². The van der Waals surface area contributed by atoms with Gasteiger partial charge in [-0.25, -0.2) is 4.79 Å². The first-order valence-electron chi connectivity index (χ1n) is 10.7. The quantitative estimate of drug-likeness (QED) is 0.754. The molecule has 0 unspecified atom stereocenters. The lowest BCUT2D eigenvalue weighted by atomic mass is 9.98. The summed E-state index contributed by atoms with van der Waals surface area (Å²) in [5.41, 5.74) is 2.45. The number of nitrogens with one attached hydrogen (secondary N) is 2. The average Bonchev–Trinajstić information content (AvgIpc) is 2.73. The molecule has 0 aliphatic carbocycles. The minimum Gasteiger partial charge on any atom is -0.379 e. The van der Waals surface area contributed by atoms with Crippen LogP contribution in [0.3, 0.4) is 0 Å². The van der Waals surface area contributed by atoms with Crippen LogP contribution in [0.15, 0.2) is 24.3 Å². The molecule has 2 aliphatic heterocycles. The van der Waals surface area contributed by atoms with Gasteiger partial charge >= 0.3 is 6.03 Å². The third kappa shape index (κ3) is 6.19. The second kappa shape index (κ2) is 10.2. The van der Waals surface area contributed by atoms with Crippen molar-refractivity contribution in [3.63, 3.8) is 0 Å². The highest BCUT2D eigenvalue weighted by atomic mass is 16.5. The van der Waals surface area contributed by atoms with Gasteiger partial charge in [0, 0.05) is 38.3 Å². The minimum atomic E-state index is -0.0914. The Morgan fingerprint density at radius 1 is 1.00 bits per heavy atom. The van der Waals surface area contributed by atoms with E-state index in [1.54, 1.807) is 0 Å². The zero-order chi connectivity index (χ0) is 19.8. The number of morpholine rings is 1. The summed E-state index contributed by atoms with van der Waals surface area (Å²) in [4.78, 5) is 17.3. The van der Waals surface area contributed by atoms with Gasteiger partial charge in [-0.2, -0.15) is 0 Å². The van der Waals surface area contributed by atoms with Crippen LogP contribution in [0.1, 0.15) is 44.2 Å². The molecule has 2 amide bonds. The number of hydrogen-bond donors (Lipinski definition) is 2. The van der Waals surface area contributed by atoms with Crippen LogP contribution in [0.4, 0.5) is 4.79 Å². The highest BCUT2D eigenvalue weighted by molar-refractivity contribution is 5.74. The summed E-state index contributed by atoms with van der Waals surface area (Å²) >= 11 is 0. The second-order valence-corrected chi connectivity index (χ2v) is 8.55. The number of carbonyl (C=O) groups excluding carboxylic acids is 1. The molecule has 2 aliphatic rings. The molecule has 2 heterocycles. The van der Waals surface area contributed by atoms with Crippen molar-refractivity contribution in [1.82, 2.24) is 20.4 Å². The first kappa shape index (κ1) is 21.1. The molecule has 0 atom stereocenters. The van der Waals surface area contributed by atoms with E-state index < -0.39 is 0 Å². The molecule has 1 aromatic rings. The van der Waals surface area contributed by atoms with Gasteiger partial charge < -0.3 is 15.4 Å². The van der Waals surface area contributed by atoms with E-state index >= 15 is 0 Å². The molecule has 2 fully saturated rings. The van der Waals surface area contributed by atoms with Gasteiger partial charge in [0.1, 0.15) is 0 Å². The predicted molar refractivity (Wildman–Crippen MR) is 112 cm³/mol. The van der Waals surface area contributed by atoms with E-state index in [0.29, 0.717) is 13.1 Å². The van der Waals surface area contributed by atoms with Gasteiger partial charge in [0.25, 0.3) is 0 Å². The summed E-state index contributed by atoms with van der Waals surface area (Å²) in [6, 6.07) is 8.28. The Hall–Kier alpha value is -1.63. The fourth-order valence-corrected chi connectivity index (χ4v) is 4.03. The Morgan fingerprint density at radius 2 is 1.68 bits per heavy atom. The minimum absolute atomic E-state index is 0.00794. The van der Waals surface area contributed by atoms with Crippen molar-refractivity contribution < 1.29 is 9.53 Å². The standard InChI is InChI=1S/C22H36N4O2/c1-22(2,26-10-6-3-7-11-26)18-24-21(27)23-16-19-8-4-5-9-20(19)17-25-12-14-28-15-13-25/h4-5,8-9H,3,6-7,10-18H2,1-2H3,(H2,23,24,27). The van der Waals surface area contributed by atoms with E-state index in [1.807, 2.05) is 6.07 Å². The van der Waals surface area contributed by atoms with Crippen LogP contribution in [0.2, 0.25) is 0 Å². The molecule has 2 N–H and O–H groups in total. The molecule has 6 nitrogen and oxygen atoms in total. The summed E-state index contributed by atoms with van der Waals surface area (Å²) in [6.07, 6.45) is 3.84. The third-order valence-electron chi connectivity index (χ3n) is 5.95. The van der Waals surface area contributed by atoms with Gasteiger partial charge in [0.2, 0.25) is 0 Å². The van der Waals surface area contributed by atoms with E-state index in [0.717, 1.165) is 45.9 Å². The summed E-state index contributed by atoms with van der Waals surface area (Å²) in [6.45, 7) is 12.4. The van der Waals surface area contributed by atoms with Crippen LogP contribution < -0.4 is 10.6 Å². The fraction of sp³-hybridized carbons (Fsp3) is 0.682. The van der Waals surface area contributed by atoms with Crippen molar-refractivity contribution >= 4 is 6.03 Å². The Labute approximate surface area is 169 Å². The van der Waals surface area contributed by atoms with Crippen molar-refractivity contribution in [1.29, 1.82) is 0 Å². The molecule has 0 bridgehead atoms. The fourth-order valence-electron chi connectivity index (χ4n) is 4.03. The lowest BCUT2D eigenvalue weighted by molar-refractivity contribution is 0.0341. The molecule has 0 spiro atoms.